The lowest BCUT2D eigenvalue weighted by molar-refractivity contribution is -0.384. The maximum atomic E-state index is 13.3. The first-order valence-electron chi connectivity index (χ1n) is 13.5. The summed E-state index contributed by atoms with van der Waals surface area (Å²) < 4.78 is 1.95. The van der Waals surface area contributed by atoms with Crippen LogP contribution in [0.2, 0.25) is 0 Å². The van der Waals surface area contributed by atoms with Crippen molar-refractivity contribution in [1.29, 1.82) is 0 Å². The molecule has 1 saturated heterocycles. The molecule has 0 atom stereocenters. The monoisotopic (exact) mass is 534 g/mol. The number of imidazole rings is 1. The Balaban J connectivity index is 1.37. The number of fused-ring (bicyclic) bond motifs is 1. The topological polar surface area (TPSA) is 105 Å². The van der Waals surface area contributed by atoms with E-state index in [9.17, 15) is 14.9 Å². The van der Waals surface area contributed by atoms with Gasteiger partial charge in [0.15, 0.2) is 0 Å². The van der Waals surface area contributed by atoms with Gasteiger partial charge in [-0.1, -0.05) is 24.3 Å². The van der Waals surface area contributed by atoms with Gasteiger partial charge in [-0.3, -0.25) is 14.9 Å². The first-order chi connectivity index (χ1) is 19.5. The van der Waals surface area contributed by atoms with Gasteiger partial charge in [-0.2, -0.15) is 0 Å². The highest BCUT2D eigenvalue weighted by molar-refractivity contribution is 6.37. The molecule has 1 aromatic heterocycles. The fourth-order valence-corrected chi connectivity index (χ4v) is 5.42. The second-order valence-corrected chi connectivity index (χ2v) is 10.3. The molecule has 3 aromatic carbocycles. The largest absolute Gasteiger partial charge is 0.354 e. The first kappa shape index (κ1) is 25.5. The number of nitro benzene ring substituents is 1. The molecule has 40 heavy (non-hydrogen) atoms. The normalized spacial score (nSPS) is 16.1. The molecule has 202 valence electrons. The number of nitro groups is 1. The molecule has 0 spiro atoms. The lowest BCUT2D eigenvalue weighted by atomic mass is 9.98. The van der Waals surface area contributed by atoms with Crippen LogP contribution in [0.15, 0.2) is 79.1 Å². The third-order valence-corrected chi connectivity index (χ3v) is 7.60. The maximum absolute atomic E-state index is 13.3. The number of anilines is 2. The number of non-ortho nitro benzene ring substituents is 1. The molecule has 0 saturated carbocycles. The number of amides is 1. The molecule has 6 rings (SSSR count). The molecule has 2 N–H and O–H groups in total. The molecule has 3 heterocycles. The molecule has 0 aliphatic carbocycles. The standard InChI is InChI=1S/C31H30N6O3/c1-35-19-15-32-30(35)23-8-10-24(11-9-23)33-29(22-6-4-21(5-7-22)14-18-36-16-2-3-17-36)28-26-20-25(37(39)40)12-13-27(26)34-31(28)38/h4-13,15,19-20,33H,2-3,14,16-18H2,1H3,(H,34,38)/b29-28-. The Morgan fingerprint density at radius 3 is 2.48 bits per heavy atom. The summed E-state index contributed by atoms with van der Waals surface area (Å²) in [5.41, 5.74) is 5.75. The van der Waals surface area contributed by atoms with Crippen molar-refractivity contribution in [2.24, 2.45) is 7.05 Å². The van der Waals surface area contributed by atoms with Crippen molar-refractivity contribution in [1.82, 2.24) is 14.5 Å². The zero-order chi connectivity index (χ0) is 27.6. The summed E-state index contributed by atoms with van der Waals surface area (Å²) in [4.78, 5) is 31.3. The number of carbonyl (C=O) groups is 1. The van der Waals surface area contributed by atoms with E-state index < -0.39 is 4.92 Å². The van der Waals surface area contributed by atoms with E-state index in [1.165, 1.54) is 30.5 Å². The van der Waals surface area contributed by atoms with Gasteiger partial charge in [0.25, 0.3) is 11.6 Å². The SMILES string of the molecule is Cn1ccnc1-c1ccc(N/C(=C2\C(=O)Nc3ccc([N+](=O)[O-])cc32)c2ccc(CCN3CCCC3)cc2)cc1. The highest BCUT2D eigenvalue weighted by atomic mass is 16.6. The third-order valence-electron chi connectivity index (χ3n) is 7.60. The molecule has 1 fully saturated rings. The molecular weight excluding hydrogens is 504 g/mol. The van der Waals surface area contributed by atoms with Crippen molar-refractivity contribution in [2.75, 3.05) is 30.3 Å². The van der Waals surface area contributed by atoms with E-state index >= 15 is 0 Å². The molecule has 9 nitrogen and oxygen atoms in total. The Morgan fingerprint density at radius 2 is 1.80 bits per heavy atom. The second kappa shape index (κ2) is 10.8. The summed E-state index contributed by atoms with van der Waals surface area (Å²) in [6.07, 6.45) is 7.16. The van der Waals surface area contributed by atoms with Crippen molar-refractivity contribution in [3.63, 3.8) is 0 Å². The molecule has 0 bridgehead atoms. The van der Waals surface area contributed by atoms with E-state index in [-0.39, 0.29) is 11.6 Å². The molecule has 1 amide bonds. The van der Waals surface area contributed by atoms with Gasteiger partial charge < -0.3 is 20.1 Å². The number of nitrogens with zero attached hydrogens (tertiary/aromatic N) is 4. The zero-order valence-corrected chi connectivity index (χ0v) is 22.3. The average molecular weight is 535 g/mol. The van der Waals surface area contributed by atoms with Gasteiger partial charge in [-0.15, -0.1) is 0 Å². The fourth-order valence-electron chi connectivity index (χ4n) is 5.42. The number of aromatic nitrogens is 2. The molecular formula is C31H30N6O3. The summed E-state index contributed by atoms with van der Waals surface area (Å²) in [6, 6.07) is 20.5. The van der Waals surface area contributed by atoms with Crippen LogP contribution in [0.3, 0.4) is 0 Å². The lowest BCUT2D eigenvalue weighted by Gasteiger charge is -2.17. The summed E-state index contributed by atoms with van der Waals surface area (Å²) >= 11 is 0. The lowest BCUT2D eigenvalue weighted by Crippen LogP contribution is -2.21. The Bertz CT molecular complexity index is 1600. The van der Waals surface area contributed by atoms with Crippen LogP contribution in [-0.2, 0) is 18.3 Å². The van der Waals surface area contributed by atoms with Crippen LogP contribution < -0.4 is 10.6 Å². The minimum Gasteiger partial charge on any atom is -0.354 e. The number of carbonyl (C=O) groups excluding carboxylic acids is 1. The van der Waals surface area contributed by atoms with Gasteiger partial charge in [0.2, 0.25) is 0 Å². The predicted octanol–water partition coefficient (Wildman–Crippen LogP) is 5.57. The van der Waals surface area contributed by atoms with Crippen LogP contribution in [0.4, 0.5) is 17.1 Å². The number of likely N-dealkylation sites (tertiary alicyclic amines) is 1. The Labute approximate surface area is 232 Å². The maximum Gasteiger partial charge on any atom is 0.270 e. The third kappa shape index (κ3) is 5.11. The highest BCUT2D eigenvalue weighted by Gasteiger charge is 2.30. The van der Waals surface area contributed by atoms with Gasteiger partial charge in [0.05, 0.1) is 16.2 Å². The van der Waals surface area contributed by atoms with Gasteiger partial charge in [0.1, 0.15) is 5.82 Å². The van der Waals surface area contributed by atoms with E-state index in [1.54, 1.807) is 12.3 Å². The number of hydrogen-bond donors (Lipinski definition) is 2. The van der Waals surface area contributed by atoms with Crippen LogP contribution >= 0.6 is 0 Å². The summed E-state index contributed by atoms with van der Waals surface area (Å²) in [5, 5.41) is 17.9. The predicted molar refractivity (Wildman–Crippen MR) is 157 cm³/mol. The molecule has 0 unspecified atom stereocenters. The van der Waals surface area contributed by atoms with Crippen LogP contribution in [0.25, 0.3) is 22.7 Å². The van der Waals surface area contributed by atoms with Gasteiger partial charge in [-0.05, 0) is 73.8 Å². The molecule has 2 aliphatic rings. The van der Waals surface area contributed by atoms with Crippen molar-refractivity contribution in [2.45, 2.75) is 19.3 Å². The number of rotatable bonds is 8. The van der Waals surface area contributed by atoms with Crippen molar-refractivity contribution < 1.29 is 9.72 Å². The van der Waals surface area contributed by atoms with Gasteiger partial charge in [0, 0.05) is 60.6 Å². The summed E-state index contributed by atoms with van der Waals surface area (Å²) in [6.45, 7) is 3.36. The van der Waals surface area contributed by atoms with Crippen molar-refractivity contribution in [3.8, 4) is 11.4 Å². The van der Waals surface area contributed by atoms with E-state index in [2.05, 4.69) is 32.7 Å². The van der Waals surface area contributed by atoms with E-state index in [4.69, 9.17) is 0 Å². The highest BCUT2D eigenvalue weighted by Crippen LogP contribution is 2.39. The summed E-state index contributed by atoms with van der Waals surface area (Å²) in [5.74, 6) is 0.548. The molecule has 2 aliphatic heterocycles. The number of aryl methyl sites for hydroxylation is 1. The fraction of sp³-hybridized carbons (Fsp3) is 0.226. The first-order valence-corrected chi connectivity index (χ1v) is 13.5. The number of hydrogen-bond acceptors (Lipinski definition) is 6. The van der Waals surface area contributed by atoms with E-state index in [1.807, 2.05) is 54.2 Å². The van der Waals surface area contributed by atoms with Crippen molar-refractivity contribution >= 4 is 34.2 Å². The number of benzene rings is 3. The smallest absolute Gasteiger partial charge is 0.270 e. The van der Waals surface area contributed by atoms with E-state index in [0.717, 1.165) is 48.7 Å². The second-order valence-electron chi connectivity index (χ2n) is 10.3. The van der Waals surface area contributed by atoms with Crippen LogP contribution in [0, 0.1) is 10.1 Å². The minimum atomic E-state index is -0.445. The van der Waals surface area contributed by atoms with Crippen LogP contribution in [0.1, 0.15) is 29.5 Å². The van der Waals surface area contributed by atoms with Crippen molar-refractivity contribution in [3.05, 3.63) is 106 Å². The zero-order valence-electron chi connectivity index (χ0n) is 22.3. The number of nitrogens with one attached hydrogen (secondary N) is 2. The Kier molecular flexibility index (Phi) is 6.88. The molecule has 4 aromatic rings. The quantitative estimate of drug-likeness (QED) is 0.174. The molecule has 9 heteroatoms. The van der Waals surface area contributed by atoms with Crippen LogP contribution in [-0.4, -0.2) is 44.9 Å². The van der Waals surface area contributed by atoms with Crippen LogP contribution in [0.5, 0.6) is 0 Å². The van der Waals surface area contributed by atoms with Gasteiger partial charge >= 0.3 is 0 Å². The minimum absolute atomic E-state index is 0.0659. The summed E-state index contributed by atoms with van der Waals surface area (Å²) in [7, 11) is 1.95. The van der Waals surface area contributed by atoms with Gasteiger partial charge in [-0.25, -0.2) is 4.98 Å². The van der Waals surface area contributed by atoms with E-state index in [0.29, 0.717) is 22.5 Å². The Hall–Kier alpha value is -4.76. The molecule has 0 radical (unpaired) electrons. The average Bonchev–Trinajstić information content (AvgIpc) is 3.71. The Morgan fingerprint density at radius 1 is 1.05 bits per heavy atom.